The van der Waals surface area contributed by atoms with Crippen molar-refractivity contribution in [2.24, 2.45) is 0 Å². The van der Waals surface area contributed by atoms with Gasteiger partial charge < -0.3 is 14.5 Å². The van der Waals surface area contributed by atoms with E-state index in [1.165, 1.54) is 19.2 Å². The Balaban J connectivity index is 1.84. The van der Waals surface area contributed by atoms with Gasteiger partial charge in [0, 0.05) is 18.7 Å². The van der Waals surface area contributed by atoms with E-state index in [4.69, 9.17) is 9.72 Å². The minimum Gasteiger partial charge on any atom is -0.494 e. The maximum absolute atomic E-state index is 14.0. The molecule has 0 radical (unpaired) electrons. The number of nitrogens with zero attached hydrogens (tertiary/aromatic N) is 3. The molecule has 1 atom stereocenters. The molecule has 1 fully saturated rings. The van der Waals surface area contributed by atoms with Crippen molar-refractivity contribution in [2.75, 3.05) is 27.7 Å². The van der Waals surface area contributed by atoms with Gasteiger partial charge in [0.1, 0.15) is 0 Å². The van der Waals surface area contributed by atoms with Crippen molar-refractivity contribution in [1.29, 1.82) is 0 Å². The molecule has 1 saturated heterocycles. The van der Waals surface area contributed by atoms with E-state index in [1.54, 1.807) is 11.0 Å². The summed E-state index contributed by atoms with van der Waals surface area (Å²) in [5.41, 5.74) is 2.20. The highest BCUT2D eigenvalue weighted by molar-refractivity contribution is 5.94. The summed E-state index contributed by atoms with van der Waals surface area (Å²) in [7, 11) is 5.40. The van der Waals surface area contributed by atoms with E-state index in [-0.39, 0.29) is 17.7 Å². The number of carbonyl (C=O) groups is 1. The number of likely N-dealkylation sites (tertiary alicyclic amines) is 1. The highest BCUT2D eigenvalue weighted by Crippen LogP contribution is 2.32. The first kappa shape index (κ1) is 18.3. The Kier molecular flexibility index (Phi) is 5.52. The smallest absolute Gasteiger partial charge is 0.254 e. The third-order valence-electron chi connectivity index (χ3n) is 4.56. The van der Waals surface area contributed by atoms with Crippen molar-refractivity contribution < 1.29 is 13.9 Å². The number of halogens is 1. The van der Waals surface area contributed by atoms with Gasteiger partial charge in [-0.25, -0.2) is 4.39 Å². The van der Waals surface area contributed by atoms with Crippen molar-refractivity contribution >= 4 is 5.91 Å². The van der Waals surface area contributed by atoms with E-state index in [2.05, 4.69) is 4.90 Å². The largest absolute Gasteiger partial charge is 0.494 e. The maximum Gasteiger partial charge on any atom is 0.254 e. The van der Waals surface area contributed by atoms with Crippen LogP contribution in [0.4, 0.5) is 4.39 Å². The van der Waals surface area contributed by atoms with Gasteiger partial charge in [0.15, 0.2) is 11.6 Å². The molecule has 1 aromatic carbocycles. The van der Waals surface area contributed by atoms with Crippen LogP contribution in [-0.4, -0.2) is 48.4 Å². The number of hydrogen-bond acceptors (Lipinski definition) is 4. The minimum atomic E-state index is -0.528. The molecule has 0 aliphatic carbocycles. The molecule has 0 saturated carbocycles. The zero-order valence-corrected chi connectivity index (χ0v) is 15.4. The van der Waals surface area contributed by atoms with Crippen LogP contribution in [0.15, 0.2) is 36.4 Å². The van der Waals surface area contributed by atoms with E-state index < -0.39 is 5.82 Å². The predicted octanol–water partition coefficient (Wildman–Crippen LogP) is 3.27. The Labute approximate surface area is 153 Å². The molecular formula is C20H24FN3O2. The molecule has 3 rings (SSSR count). The van der Waals surface area contributed by atoms with Crippen LogP contribution < -0.4 is 4.74 Å². The standard InChI is InChI=1S/C20H24FN3O2/c1-23(2)13-15-6-4-7-17(22-15)18-8-5-11-24(18)20(25)14-9-10-19(26-3)16(21)12-14/h4,6-7,9-10,12,18H,5,8,11,13H2,1-3H3/t18-/m1/s1. The molecular weight excluding hydrogens is 333 g/mol. The first-order valence-corrected chi connectivity index (χ1v) is 8.74. The van der Waals surface area contributed by atoms with E-state index in [0.717, 1.165) is 30.8 Å². The van der Waals surface area contributed by atoms with Gasteiger partial charge in [-0.15, -0.1) is 0 Å². The second-order valence-electron chi connectivity index (χ2n) is 6.80. The zero-order valence-electron chi connectivity index (χ0n) is 15.4. The average molecular weight is 357 g/mol. The number of methoxy groups -OCH3 is 1. The van der Waals surface area contributed by atoms with E-state index in [9.17, 15) is 9.18 Å². The summed E-state index contributed by atoms with van der Waals surface area (Å²) in [6.45, 7) is 1.40. The molecule has 6 heteroatoms. The fraction of sp³-hybridized carbons (Fsp3) is 0.400. The number of benzene rings is 1. The molecule has 0 bridgehead atoms. The molecule has 0 spiro atoms. The van der Waals surface area contributed by atoms with Gasteiger partial charge in [-0.2, -0.15) is 0 Å². The summed E-state index contributed by atoms with van der Waals surface area (Å²) in [5, 5.41) is 0. The Bertz CT molecular complexity index is 794. The number of pyridine rings is 1. The van der Waals surface area contributed by atoms with Crippen LogP contribution in [0.3, 0.4) is 0 Å². The molecule has 0 N–H and O–H groups in total. The van der Waals surface area contributed by atoms with Gasteiger partial charge >= 0.3 is 0 Å². The van der Waals surface area contributed by atoms with E-state index in [0.29, 0.717) is 12.1 Å². The number of amides is 1. The Morgan fingerprint density at radius 2 is 2.15 bits per heavy atom. The molecule has 0 unspecified atom stereocenters. The van der Waals surface area contributed by atoms with Gasteiger partial charge in [-0.3, -0.25) is 9.78 Å². The van der Waals surface area contributed by atoms with Gasteiger partial charge in [-0.05, 0) is 57.3 Å². The molecule has 2 heterocycles. The van der Waals surface area contributed by atoms with Crippen LogP contribution in [0.2, 0.25) is 0 Å². The SMILES string of the molecule is COc1ccc(C(=O)N2CCC[C@@H]2c2cccc(CN(C)C)n2)cc1F. The molecule has 138 valence electrons. The summed E-state index contributed by atoms with van der Waals surface area (Å²) in [6.07, 6.45) is 1.78. The van der Waals surface area contributed by atoms with Crippen molar-refractivity contribution in [3.05, 3.63) is 59.2 Å². The van der Waals surface area contributed by atoms with E-state index >= 15 is 0 Å². The lowest BCUT2D eigenvalue weighted by Crippen LogP contribution is -2.31. The van der Waals surface area contributed by atoms with Crippen molar-refractivity contribution in [3.63, 3.8) is 0 Å². The first-order chi connectivity index (χ1) is 12.5. The topological polar surface area (TPSA) is 45.7 Å². The lowest BCUT2D eigenvalue weighted by Gasteiger charge is -2.25. The summed E-state index contributed by atoms with van der Waals surface area (Å²) >= 11 is 0. The third kappa shape index (κ3) is 3.85. The third-order valence-corrected chi connectivity index (χ3v) is 4.56. The second-order valence-corrected chi connectivity index (χ2v) is 6.80. The van der Waals surface area contributed by atoms with Gasteiger partial charge in [0.2, 0.25) is 0 Å². The second kappa shape index (κ2) is 7.83. The average Bonchev–Trinajstić information content (AvgIpc) is 3.10. The number of ether oxygens (including phenoxy) is 1. The highest BCUT2D eigenvalue weighted by Gasteiger charge is 2.32. The predicted molar refractivity (Wildman–Crippen MR) is 97.6 cm³/mol. The van der Waals surface area contributed by atoms with Gasteiger partial charge in [0.25, 0.3) is 5.91 Å². The van der Waals surface area contributed by atoms with E-state index in [1.807, 2.05) is 32.3 Å². The van der Waals surface area contributed by atoms with Crippen LogP contribution in [-0.2, 0) is 6.54 Å². The van der Waals surface area contributed by atoms with Crippen LogP contribution in [0.25, 0.3) is 0 Å². The number of carbonyl (C=O) groups excluding carboxylic acids is 1. The molecule has 1 aliphatic rings. The van der Waals surface area contributed by atoms with Gasteiger partial charge in [-0.1, -0.05) is 6.07 Å². The normalized spacial score (nSPS) is 17.0. The monoisotopic (exact) mass is 357 g/mol. The Morgan fingerprint density at radius 1 is 1.35 bits per heavy atom. The summed E-state index contributed by atoms with van der Waals surface area (Å²) in [6, 6.07) is 10.2. The summed E-state index contributed by atoms with van der Waals surface area (Å²) < 4.78 is 18.9. The van der Waals surface area contributed by atoms with Gasteiger partial charge in [0.05, 0.1) is 24.5 Å². The molecule has 1 aliphatic heterocycles. The molecule has 1 amide bonds. The highest BCUT2D eigenvalue weighted by atomic mass is 19.1. The lowest BCUT2D eigenvalue weighted by molar-refractivity contribution is 0.0732. The summed E-state index contributed by atoms with van der Waals surface area (Å²) in [5.74, 6) is -0.563. The molecule has 1 aromatic heterocycles. The number of rotatable bonds is 5. The molecule has 26 heavy (non-hydrogen) atoms. The number of hydrogen-bond donors (Lipinski definition) is 0. The van der Waals surface area contributed by atoms with Crippen molar-refractivity contribution in [2.45, 2.75) is 25.4 Å². The fourth-order valence-electron chi connectivity index (χ4n) is 3.38. The zero-order chi connectivity index (χ0) is 18.7. The maximum atomic E-state index is 14.0. The summed E-state index contributed by atoms with van der Waals surface area (Å²) in [4.78, 5) is 21.5. The Morgan fingerprint density at radius 3 is 2.85 bits per heavy atom. The van der Waals surface area contributed by atoms with Crippen LogP contribution >= 0.6 is 0 Å². The molecule has 2 aromatic rings. The number of aromatic nitrogens is 1. The quantitative estimate of drug-likeness (QED) is 0.824. The lowest BCUT2D eigenvalue weighted by atomic mass is 10.1. The fourth-order valence-corrected chi connectivity index (χ4v) is 3.38. The van der Waals surface area contributed by atoms with Crippen LogP contribution in [0, 0.1) is 5.82 Å². The van der Waals surface area contributed by atoms with Crippen molar-refractivity contribution in [3.8, 4) is 5.75 Å². The van der Waals surface area contributed by atoms with Crippen LogP contribution in [0.1, 0.15) is 40.6 Å². The molecule has 5 nitrogen and oxygen atoms in total. The Hall–Kier alpha value is -2.47. The van der Waals surface area contributed by atoms with Crippen LogP contribution in [0.5, 0.6) is 5.75 Å². The first-order valence-electron chi connectivity index (χ1n) is 8.74. The van der Waals surface area contributed by atoms with Crippen molar-refractivity contribution in [1.82, 2.24) is 14.8 Å². The minimum absolute atomic E-state index is 0.0743.